The smallest absolute Gasteiger partial charge is 0.162 e. The van der Waals surface area contributed by atoms with Gasteiger partial charge in [-0.15, -0.1) is 0 Å². The number of Topliss-reactive ketones (excluding diaryl/α,β-unsaturated/α-hetero) is 1. The fourth-order valence-corrected chi connectivity index (χ4v) is 1.49. The summed E-state index contributed by atoms with van der Waals surface area (Å²) in [7, 11) is 1.51. The van der Waals surface area contributed by atoms with Crippen molar-refractivity contribution >= 4 is 16.8 Å². The number of fused-ring (bicyclic) bond motifs is 1. The van der Waals surface area contributed by atoms with Crippen LogP contribution in [0.2, 0.25) is 0 Å². The van der Waals surface area contributed by atoms with E-state index in [1.807, 2.05) is 18.2 Å². The van der Waals surface area contributed by atoms with Gasteiger partial charge >= 0.3 is 0 Å². The van der Waals surface area contributed by atoms with Crippen LogP contribution in [-0.4, -0.2) is 34.9 Å². The van der Waals surface area contributed by atoms with Gasteiger partial charge in [-0.1, -0.05) is 12.1 Å². The number of rotatable bonds is 4. The van der Waals surface area contributed by atoms with Gasteiger partial charge in [-0.2, -0.15) is 15.4 Å². The topological polar surface area (TPSA) is 67.9 Å². The fourth-order valence-electron chi connectivity index (χ4n) is 1.49. The fraction of sp³-hybridized carbons (Fsp3) is 0.300. The Hall–Kier alpha value is -1.75. The Morgan fingerprint density at radius 3 is 3.13 bits per heavy atom. The van der Waals surface area contributed by atoms with Crippen LogP contribution in [0.1, 0.15) is 5.56 Å². The lowest BCUT2D eigenvalue weighted by molar-refractivity contribution is -0.121. The Balaban J connectivity index is 2.27. The van der Waals surface area contributed by atoms with E-state index in [9.17, 15) is 4.79 Å². The summed E-state index contributed by atoms with van der Waals surface area (Å²) in [5.74, 6) is 0.0352. The van der Waals surface area contributed by atoms with Crippen LogP contribution in [0.15, 0.2) is 18.2 Å². The van der Waals surface area contributed by atoms with Gasteiger partial charge in [0.05, 0.1) is 0 Å². The molecular formula is C10H11N3O2. The van der Waals surface area contributed by atoms with Gasteiger partial charge in [0, 0.05) is 13.5 Å². The van der Waals surface area contributed by atoms with Gasteiger partial charge in [-0.3, -0.25) is 4.79 Å². The van der Waals surface area contributed by atoms with Crippen molar-refractivity contribution in [2.24, 2.45) is 0 Å². The number of nitrogens with zero attached hydrogens (tertiary/aromatic N) is 2. The quantitative estimate of drug-likeness (QED) is 0.798. The zero-order chi connectivity index (χ0) is 10.7. The van der Waals surface area contributed by atoms with Crippen LogP contribution >= 0.6 is 0 Å². The summed E-state index contributed by atoms with van der Waals surface area (Å²) in [5.41, 5.74) is 2.41. The number of carbonyl (C=O) groups is 1. The van der Waals surface area contributed by atoms with Gasteiger partial charge in [0.25, 0.3) is 0 Å². The highest BCUT2D eigenvalue weighted by atomic mass is 16.5. The van der Waals surface area contributed by atoms with Gasteiger partial charge in [0.1, 0.15) is 17.6 Å². The molecule has 2 rings (SSSR count). The molecule has 0 radical (unpaired) electrons. The average Bonchev–Trinajstić information content (AvgIpc) is 2.67. The van der Waals surface area contributed by atoms with E-state index in [0.29, 0.717) is 6.42 Å². The highest BCUT2D eigenvalue weighted by Crippen LogP contribution is 2.14. The van der Waals surface area contributed by atoms with Crippen LogP contribution in [0.25, 0.3) is 11.0 Å². The van der Waals surface area contributed by atoms with Crippen LogP contribution in [0.3, 0.4) is 0 Å². The third kappa shape index (κ3) is 2.02. The number of nitrogens with one attached hydrogen (secondary N) is 1. The Kier molecular flexibility index (Phi) is 2.73. The molecule has 78 valence electrons. The largest absolute Gasteiger partial charge is 0.377 e. The van der Waals surface area contributed by atoms with Crippen molar-refractivity contribution in [1.82, 2.24) is 15.4 Å². The Morgan fingerprint density at radius 2 is 2.33 bits per heavy atom. The van der Waals surface area contributed by atoms with E-state index in [1.54, 1.807) is 0 Å². The number of ether oxygens (including phenoxy) is 1. The molecule has 0 aliphatic heterocycles. The SMILES string of the molecule is COCC(=O)Cc1cccc2n[nH]nc12. The molecule has 15 heavy (non-hydrogen) atoms. The average molecular weight is 205 g/mol. The van der Waals surface area contributed by atoms with E-state index >= 15 is 0 Å². The first-order valence-corrected chi connectivity index (χ1v) is 4.60. The Labute approximate surface area is 86.4 Å². The molecule has 5 heteroatoms. The van der Waals surface area contributed by atoms with E-state index in [-0.39, 0.29) is 12.4 Å². The van der Waals surface area contributed by atoms with Crippen LogP contribution in [0.4, 0.5) is 0 Å². The maximum atomic E-state index is 11.4. The monoisotopic (exact) mass is 205 g/mol. The van der Waals surface area contributed by atoms with Crippen molar-refractivity contribution in [3.63, 3.8) is 0 Å². The molecule has 0 bridgehead atoms. The van der Waals surface area contributed by atoms with E-state index in [0.717, 1.165) is 16.6 Å². The van der Waals surface area contributed by atoms with Crippen LogP contribution in [0.5, 0.6) is 0 Å². The molecular weight excluding hydrogens is 194 g/mol. The normalized spacial score (nSPS) is 10.7. The van der Waals surface area contributed by atoms with Crippen molar-refractivity contribution in [2.45, 2.75) is 6.42 Å². The molecule has 0 spiro atoms. The third-order valence-corrected chi connectivity index (χ3v) is 2.12. The number of benzene rings is 1. The number of carbonyl (C=O) groups excluding carboxylic acids is 1. The first-order valence-electron chi connectivity index (χ1n) is 4.60. The summed E-state index contributed by atoms with van der Waals surface area (Å²) >= 11 is 0. The standard InChI is InChI=1S/C10H11N3O2/c1-15-6-8(14)5-7-3-2-4-9-10(7)12-13-11-9/h2-4H,5-6H2,1H3,(H,11,12,13). The second-order valence-electron chi connectivity index (χ2n) is 3.26. The highest BCUT2D eigenvalue weighted by Gasteiger charge is 2.08. The minimum atomic E-state index is 0.0352. The van der Waals surface area contributed by atoms with Crippen molar-refractivity contribution in [2.75, 3.05) is 13.7 Å². The molecule has 0 atom stereocenters. The zero-order valence-corrected chi connectivity index (χ0v) is 8.36. The summed E-state index contributed by atoms with van der Waals surface area (Å²) in [5, 5.41) is 10.5. The summed E-state index contributed by atoms with van der Waals surface area (Å²) < 4.78 is 4.78. The van der Waals surface area contributed by atoms with Crippen LogP contribution in [-0.2, 0) is 16.0 Å². The molecule has 0 saturated carbocycles. The molecule has 0 amide bonds. The number of hydrogen-bond acceptors (Lipinski definition) is 4. The van der Waals surface area contributed by atoms with Crippen molar-refractivity contribution in [3.8, 4) is 0 Å². The minimum Gasteiger partial charge on any atom is -0.377 e. The van der Waals surface area contributed by atoms with E-state index in [4.69, 9.17) is 4.74 Å². The van der Waals surface area contributed by atoms with Gasteiger partial charge in [0.15, 0.2) is 5.78 Å². The number of methoxy groups -OCH3 is 1. The molecule has 1 N–H and O–H groups in total. The predicted molar refractivity (Wildman–Crippen MR) is 54.5 cm³/mol. The van der Waals surface area contributed by atoms with Gasteiger partial charge in [-0.25, -0.2) is 0 Å². The Bertz CT molecular complexity index is 478. The second kappa shape index (κ2) is 4.18. The number of ketones is 1. The number of aromatic nitrogens is 3. The van der Waals surface area contributed by atoms with E-state index in [2.05, 4.69) is 15.4 Å². The molecule has 2 aromatic rings. The summed E-state index contributed by atoms with van der Waals surface area (Å²) in [4.78, 5) is 11.4. The predicted octanol–water partition coefficient (Wildman–Crippen LogP) is 0.716. The zero-order valence-electron chi connectivity index (χ0n) is 8.36. The van der Waals surface area contributed by atoms with E-state index in [1.165, 1.54) is 7.11 Å². The third-order valence-electron chi connectivity index (χ3n) is 2.12. The molecule has 1 aromatic carbocycles. The maximum Gasteiger partial charge on any atom is 0.162 e. The van der Waals surface area contributed by atoms with Crippen molar-refractivity contribution in [3.05, 3.63) is 23.8 Å². The first-order chi connectivity index (χ1) is 7.31. The van der Waals surface area contributed by atoms with Gasteiger partial charge in [0.2, 0.25) is 0 Å². The lowest BCUT2D eigenvalue weighted by Gasteiger charge is -2.00. The minimum absolute atomic E-state index is 0.0352. The second-order valence-corrected chi connectivity index (χ2v) is 3.26. The van der Waals surface area contributed by atoms with Crippen LogP contribution in [0, 0.1) is 0 Å². The number of aromatic amines is 1. The Morgan fingerprint density at radius 1 is 1.47 bits per heavy atom. The van der Waals surface area contributed by atoms with Gasteiger partial charge < -0.3 is 4.74 Å². The number of para-hydroxylation sites is 1. The lowest BCUT2D eigenvalue weighted by atomic mass is 10.1. The molecule has 1 aromatic heterocycles. The van der Waals surface area contributed by atoms with E-state index < -0.39 is 0 Å². The molecule has 0 fully saturated rings. The molecule has 0 aliphatic carbocycles. The molecule has 0 saturated heterocycles. The molecule has 1 heterocycles. The maximum absolute atomic E-state index is 11.4. The lowest BCUT2D eigenvalue weighted by Crippen LogP contribution is -2.09. The summed E-state index contributed by atoms with van der Waals surface area (Å²) in [6, 6.07) is 5.59. The summed E-state index contributed by atoms with van der Waals surface area (Å²) in [6.45, 7) is 0.133. The molecule has 0 unspecified atom stereocenters. The number of H-pyrrole nitrogens is 1. The van der Waals surface area contributed by atoms with Gasteiger partial charge in [-0.05, 0) is 11.6 Å². The first kappa shape index (κ1) is 9.79. The molecule has 0 aliphatic rings. The number of hydrogen-bond donors (Lipinski definition) is 1. The molecule has 5 nitrogen and oxygen atoms in total. The summed E-state index contributed by atoms with van der Waals surface area (Å²) in [6.07, 6.45) is 0.331. The van der Waals surface area contributed by atoms with Crippen molar-refractivity contribution < 1.29 is 9.53 Å². The highest BCUT2D eigenvalue weighted by molar-refractivity contribution is 5.87. The van der Waals surface area contributed by atoms with Crippen LogP contribution < -0.4 is 0 Å². The van der Waals surface area contributed by atoms with Crippen molar-refractivity contribution in [1.29, 1.82) is 0 Å².